The number of benzene rings is 2. The molecule has 2 aromatic rings. The molecule has 0 saturated heterocycles. The van der Waals surface area contributed by atoms with Gasteiger partial charge in [0.25, 0.3) is 0 Å². The number of ether oxygens (including phenoxy) is 1. The van der Waals surface area contributed by atoms with E-state index in [-0.39, 0.29) is 22.2 Å². The van der Waals surface area contributed by atoms with Crippen molar-refractivity contribution in [3.05, 3.63) is 58.6 Å². The number of halogens is 1. The lowest BCUT2D eigenvalue weighted by Gasteiger charge is -2.11. The molecule has 0 radical (unpaired) electrons. The summed E-state index contributed by atoms with van der Waals surface area (Å²) in [6.07, 6.45) is 3.52. The second-order valence-electron chi connectivity index (χ2n) is 5.05. The van der Waals surface area contributed by atoms with Crippen molar-refractivity contribution < 1.29 is 22.1 Å². The maximum Gasteiger partial charge on any atom is 0.339 e. The average Bonchev–Trinajstić information content (AvgIpc) is 2.60. The highest BCUT2D eigenvalue weighted by Gasteiger charge is 2.19. The van der Waals surface area contributed by atoms with Crippen molar-refractivity contribution >= 4 is 37.9 Å². The number of hydrogen-bond acceptors (Lipinski definition) is 5. The predicted octanol–water partition coefficient (Wildman–Crippen LogP) is 4.22. The molecule has 0 unspecified atom stereocenters. The molecule has 0 saturated carbocycles. The summed E-state index contributed by atoms with van der Waals surface area (Å²) in [7, 11) is -2.56. The van der Waals surface area contributed by atoms with E-state index in [1.165, 1.54) is 31.4 Å². The van der Waals surface area contributed by atoms with E-state index in [0.29, 0.717) is 12.0 Å². The van der Waals surface area contributed by atoms with E-state index >= 15 is 0 Å². The van der Waals surface area contributed by atoms with Crippen molar-refractivity contribution in [1.82, 2.24) is 0 Å². The van der Waals surface area contributed by atoms with Crippen LogP contribution in [0.4, 0.5) is 0 Å². The van der Waals surface area contributed by atoms with E-state index in [9.17, 15) is 13.2 Å². The van der Waals surface area contributed by atoms with Crippen molar-refractivity contribution in [2.75, 3.05) is 7.11 Å². The zero-order valence-electron chi connectivity index (χ0n) is 13.7. The molecule has 0 fully saturated rings. The first-order valence-corrected chi connectivity index (χ1v) is 9.65. The van der Waals surface area contributed by atoms with Crippen LogP contribution in [0.15, 0.2) is 57.9 Å². The molecule has 0 bridgehead atoms. The highest BCUT2D eigenvalue weighted by Crippen LogP contribution is 2.31. The molecule has 0 spiro atoms. The van der Waals surface area contributed by atoms with Crippen LogP contribution in [0.25, 0.3) is 6.08 Å². The average molecular weight is 425 g/mol. The quantitative estimate of drug-likeness (QED) is 0.491. The lowest BCUT2D eigenvalue weighted by molar-refractivity contribution is -0.114. The van der Waals surface area contributed by atoms with Crippen LogP contribution in [0.1, 0.15) is 18.9 Å². The Kier molecular flexibility index (Phi) is 6.39. The van der Waals surface area contributed by atoms with Crippen LogP contribution in [-0.2, 0) is 14.9 Å². The maximum atomic E-state index is 12.4. The minimum absolute atomic E-state index is 0.00268. The summed E-state index contributed by atoms with van der Waals surface area (Å²) in [6, 6.07) is 10.9. The number of allylic oxidation sites excluding steroid dienone is 1. The van der Waals surface area contributed by atoms with Crippen LogP contribution >= 0.6 is 15.9 Å². The smallest absolute Gasteiger partial charge is 0.339 e. The minimum Gasteiger partial charge on any atom is -0.493 e. The summed E-state index contributed by atoms with van der Waals surface area (Å²) in [5, 5.41) is 0. The predicted molar refractivity (Wildman–Crippen MR) is 99.3 cm³/mol. The van der Waals surface area contributed by atoms with Crippen LogP contribution < -0.4 is 8.92 Å². The molecule has 25 heavy (non-hydrogen) atoms. The zero-order valence-corrected chi connectivity index (χ0v) is 16.1. The standard InChI is InChI=1S/C18H17BrO5S/c1-3-15(20)8-4-13-5-11-17(18(12-13)23-2)24-25(21,22)16-9-6-14(19)7-10-16/h4-12H,3H2,1-2H3/b8-4+. The molecule has 2 rings (SSSR count). The molecular formula is C18H17BrO5S. The molecule has 7 heteroatoms. The third-order valence-electron chi connectivity index (χ3n) is 3.30. The fourth-order valence-corrected chi connectivity index (χ4v) is 3.14. The van der Waals surface area contributed by atoms with E-state index < -0.39 is 10.1 Å². The zero-order chi connectivity index (χ0) is 18.4. The van der Waals surface area contributed by atoms with Gasteiger partial charge in [-0.3, -0.25) is 4.79 Å². The van der Waals surface area contributed by atoms with Gasteiger partial charge >= 0.3 is 10.1 Å². The summed E-state index contributed by atoms with van der Waals surface area (Å²) in [5.74, 6) is 0.327. The maximum absolute atomic E-state index is 12.4. The monoisotopic (exact) mass is 424 g/mol. The van der Waals surface area contributed by atoms with Gasteiger partial charge in [0.05, 0.1) is 7.11 Å². The molecule has 0 N–H and O–H groups in total. The molecule has 0 aromatic heterocycles. The van der Waals surface area contributed by atoms with Crippen LogP contribution in [-0.4, -0.2) is 21.3 Å². The number of methoxy groups -OCH3 is 1. The fraction of sp³-hybridized carbons (Fsp3) is 0.167. The molecule has 0 atom stereocenters. The Morgan fingerprint density at radius 3 is 2.40 bits per heavy atom. The van der Waals surface area contributed by atoms with Crippen LogP contribution in [0.3, 0.4) is 0 Å². The van der Waals surface area contributed by atoms with Gasteiger partial charge in [0.2, 0.25) is 0 Å². The third kappa shape index (κ3) is 5.17. The van der Waals surface area contributed by atoms with Crippen LogP contribution in [0.5, 0.6) is 11.5 Å². The second-order valence-corrected chi connectivity index (χ2v) is 7.52. The van der Waals surface area contributed by atoms with Crippen molar-refractivity contribution in [3.8, 4) is 11.5 Å². The Morgan fingerprint density at radius 2 is 1.80 bits per heavy atom. The fourth-order valence-electron chi connectivity index (χ4n) is 1.93. The molecule has 0 heterocycles. The number of carbonyl (C=O) groups excluding carboxylic acids is 1. The summed E-state index contributed by atoms with van der Waals surface area (Å²) >= 11 is 3.25. The van der Waals surface area contributed by atoms with E-state index in [2.05, 4.69) is 15.9 Å². The highest BCUT2D eigenvalue weighted by atomic mass is 79.9. The number of carbonyl (C=O) groups is 1. The first kappa shape index (κ1) is 19.2. The van der Waals surface area contributed by atoms with Crippen LogP contribution in [0, 0.1) is 0 Å². The van der Waals surface area contributed by atoms with Gasteiger partial charge in [0.15, 0.2) is 17.3 Å². The first-order chi connectivity index (χ1) is 11.9. The molecular weight excluding hydrogens is 408 g/mol. The molecule has 0 aliphatic carbocycles. The van der Waals surface area contributed by atoms with E-state index in [0.717, 1.165) is 4.47 Å². The SMILES string of the molecule is CCC(=O)/C=C/c1ccc(OS(=O)(=O)c2ccc(Br)cc2)c(OC)c1. The van der Waals surface area contributed by atoms with Crippen LogP contribution in [0.2, 0.25) is 0 Å². The first-order valence-electron chi connectivity index (χ1n) is 7.44. The van der Waals surface area contributed by atoms with E-state index in [1.54, 1.807) is 37.3 Å². The largest absolute Gasteiger partial charge is 0.493 e. The van der Waals surface area contributed by atoms with Crippen molar-refractivity contribution in [2.24, 2.45) is 0 Å². The molecule has 0 aliphatic rings. The Hall–Kier alpha value is -2.12. The van der Waals surface area contributed by atoms with Gasteiger partial charge in [-0.1, -0.05) is 35.0 Å². The Labute approximate surface area is 155 Å². The van der Waals surface area contributed by atoms with Gasteiger partial charge < -0.3 is 8.92 Å². The summed E-state index contributed by atoms with van der Waals surface area (Å²) in [6.45, 7) is 1.77. The number of hydrogen-bond donors (Lipinski definition) is 0. The molecule has 0 aliphatic heterocycles. The summed E-state index contributed by atoms with van der Waals surface area (Å²) < 4.78 is 35.9. The molecule has 5 nitrogen and oxygen atoms in total. The lowest BCUT2D eigenvalue weighted by Crippen LogP contribution is -2.10. The third-order valence-corrected chi connectivity index (χ3v) is 5.08. The minimum atomic E-state index is -3.98. The van der Waals surface area contributed by atoms with Gasteiger partial charge in [-0.25, -0.2) is 0 Å². The van der Waals surface area contributed by atoms with Crippen molar-refractivity contribution in [2.45, 2.75) is 18.2 Å². The van der Waals surface area contributed by atoms with Gasteiger partial charge in [-0.2, -0.15) is 8.42 Å². The van der Waals surface area contributed by atoms with Gasteiger partial charge in [-0.05, 0) is 48.0 Å². The van der Waals surface area contributed by atoms with E-state index in [4.69, 9.17) is 8.92 Å². The Bertz CT molecular complexity index is 886. The van der Waals surface area contributed by atoms with Crippen molar-refractivity contribution in [1.29, 1.82) is 0 Å². The second kappa shape index (κ2) is 8.31. The normalized spacial score (nSPS) is 11.5. The Morgan fingerprint density at radius 1 is 1.12 bits per heavy atom. The van der Waals surface area contributed by atoms with E-state index in [1.807, 2.05) is 0 Å². The number of ketones is 1. The summed E-state index contributed by atoms with van der Waals surface area (Å²) in [4.78, 5) is 11.4. The van der Waals surface area contributed by atoms with Gasteiger partial charge in [0, 0.05) is 10.9 Å². The summed E-state index contributed by atoms with van der Waals surface area (Å²) in [5.41, 5.74) is 0.701. The molecule has 132 valence electrons. The highest BCUT2D eigenvalue weighted by molar-refractivity contribution is 9.10. The lowest BCUT2D eigenvalue weighted by atomic mass is 10.1. The van der Waals surface area contributed by atoms with Gasteiger partial charge in [0.1, 0.15) is 4.90 Å². The Balaban J connectivity index is 2.28. The van der Waals surface area contributed by atoms with Crippen molar-refractivity contribution in [3.63, 3.8) is 0 Å². The molecule has 2 aromatic carbocycles. The topological polar surface area (TPSA) is 69.7 Å². The molecule has 0 amide bonds. The van der Waals surface area contributed by atoms with Gasteiger partial charge in [-0.15, -0.1) is 0 Å². The number of rotatable bonds is 7.